The number of fused-ring (bicyclic) bond motifs is 4. The van der Waals surface area contributed by atoms with E-state index in [0.717, 1.165) is 39.8 Å². The third-order valence-corrected chi connectivity index (χ3v) is 8.23. The van der Waals surface area contributed by atoms with Crippen LogP contribution in [0.2, 0.25) is 0 Å². The number of amides is 1. The molecule has 1 unspecified atom stereocenters. The molecule has 0 spiro atoms. The number of hydrogen-bond donors (Lipinski definition) is 2. The van der Waals surface area contributed by atoms with Crippen LogP contribution in [0, 0.1) is 13.8 Å². The summed E-state index contributed by atoms with van der Waals surface area (Å²) in [5, 5.41) is 2.89. The van der Waals surface area contributed by atoms with Crippen LogP contribution in [-0.2, 0) is 10.0 Å². The summed E-state index contributed by atoms with van der Waals surface area (Å²) in [5.74, 6) is -0.389. The van der Waals surface area contributed by atoms with E-state index in [4.69, 9.17) is 4.74 Å². The van der Waals surface area contributed by atoms with E-state index in [2.05, 4.69) is 26.6 Å². The highest BCUT2D eigenvalue weighted by Gasteiger charge is 2.23. The van der Waals surface area contributed by atoms with Crippen molar-refractivity contribution in [3.05, 3.63) is 107 Å². The SMILES string of the molecule is C=C(CC)c1ccc(C2CNC(=O)c3cccc(c3)S(=O)(=O)Nc3nc(cc(-c4c(C)cccc4C)n3)O2)cc1. The van der Waals surface area contributed by atoms with E-state index in [1.165, 1.54) is 18.2 Å². The van der Waals surface area contributed by atoms with Gasteiger partial charge in [0.05, 0.1) is 17.1 Å². The lowest BCUT2D eigenvalue weighted by Gasteiger charge is -2.21. The van der Waals surface area contributed by atoms with Gasteiger partial charge in [0.2, 0.25) is 11.8 Å². The number of ether oxygens (including phenoxy) is 1. The Balaban J connectivity index is 1.65. The van der Waals surface area contributed by atoms with Gasteiger partial charge in [-0.3, -0.25) is 4.79 Å². The van der Waals surface area contributed by atoms with Crippen molar-refractivity contribution in [3.63, 3.8) is 0 Å². The molecule has 0 saturated carbocycles. The minimum atomic E-state index is -4.10. The maximum Gasteiger partial charge on any atom is 0.264 e. The highest BCUT2D eigenvalue weighted by atomic mass is 32.2. The fourth-order valence-electron chi connectivity index (χ4n) is 4.66. The minimum absolute atomic E-state index is 0.0776. The monoisotopic (exact) mass is 554 g/mol. The summed E-state index contributed by atoms with van der Waals surface area (Å²) in [6, 6.07) is 21.2. The van der Waals surface area contributed by atoms with Crippen LogP contribution in [-0.4, -0.2) is 30.8 Å². The van der Waals surface area contributed by atoms with Gasteiger partial charge in [0, 0.05) is 17.2 Å². The predicted molar refractivity (Wildman–Crippen MR) is 156 cm³/mol. The molecule has 3 aromatic carbocycles. The second-order valence-electron chi connectivity index (χ2n) is 9.71. The number of nitrogens with zero attached hydrogens (tertiary/aromatic N) is 2. The molecule has 8 nitrogen and oxygen atoms in total. The molecule has 2 N–H and O–H groups in total. The maximum atomic E-state index is 13.3. The molecule has 1 aromatic heterocycles. The van der Waals surface area contributed by atoms with Gasteiger partial charge in [-0.2, -0.15) is 4.98 Å². The number of aryl methyl sites for hydroxylation is 2. The molecule has 0 fully saturated rings. The average molecular weight is 555 g/mol. The predicted octanol–water partition coefficient (Wildman–Crippen LogP) is 5.85. The summed E-state index contributed by atoms with van der Waals surface area (Å²) in [7, 11) is -4.10. The van der Waals surface area contributed by atoms with E-state index in [1.807, 2.05) is 63.2 Å². The minimum Gasteiger partial charge on any atom is -0.467 e. The number of rotatable bonds is 4. The van der Waals surface area contributed by atoms with Crippen LogP contribution in [0.3, 0.4) is 0 Å². The fraction of sp³-hybridized carbons (Fsp3) is 0.194. The quantitative estimate of drug-likeness (QED) is 0.328. The smallest absolute Gasteiger partial charge is 0.264 e. The van der Waals surface area contributed by atoms with E-state index in [1.54, 1.807) is 12.1 Å². The molecule has 40 heavy (non-hydrogen) atoms. The molecular formula is C31H30N4O4S. The molecule has 1 aliphatic heterocycles. The second kappa shape index (κ2) is 10.9. The first-order valence-electron chi connectivity index (χ1n) is 13.0. The van der Waals surface area contributed by atoms with E-state index < -0.39 is 22.0 Å². The molecule has 1 aliphatic rings. The Morgan fingerprint density at radius 3 is 2.40 bits per heavy atom. The zero-order chi connectivity index (χ0) is 28.4. The van der Waals surface area contributed by atoms with Crippen LogP contribution < -0.4 is 14.8 Å². The molecule has 5 rings (SSSR count). The zero-order valence-corrected chi connectivity index (χ0v) is 23.4. The van der Waals surface area contributed by atoms with Gasteiger partial charge in [0.15, 0.2) is 0 Å². The average Bonchev–Trinajstić information content (AvgIpc) is 2.94. The number of nitrogens with one attached hydrogen (secondary N) is 2. The Hall–Kier alpha value is -4.50. The summed E-state index contributed by atoms with van der Waals surface area (Å²) in [4.78, 5) is 21.9. The first kappa shape index (κ1) is 27.1. The van der Waals surface area contributed by atoms with Gasteiger partial charge in [-0.05, 0) is 66.3 Å². The topological polar surface area (TPSA) is 110 Å². The van der Waals surface area contributed by atoms with Crippen LogP contribution in [0.4, 0.5) is 5.95 Å². The number of sulfonamides is 1. The molecule has 4 bridgehead atoms. The number of allylic oxidation sites excluding steroid dienone is 1. The lowest BCUT2D eigenvalue weighted by Crippen LogP contribution is -2.30. The summed E-state index contributed by atoms with van der Waals surface area (Å²) in [5.41, 5.74) is 6.37. The van der Waals surface area contributed by atoms with Gasteiger partial charge in [-0.15, -0.1) is 0 Å². The van der Waals surface area contributed by atoms with Crippen molar-refractivity contribution in [3.8, 4) is 17.1 Å². The lowest BCUT2D eigenvalue weighted by atomic mass is 10.00. The number of aromatic nitrogens is 2. The molecule has 1 amide bonds. The van der Waals surface area contributed by atoms with Crippen LogP contribution in [0.5, 0.6) is 5.88 Å². The Labute approximate surface area is 234 Å². The van der Waals surface area contributed by atoms with Gasteiger partial charge < -0.3 is 10.1 Å². The van der Waals surface area contributed by atoms with Crippen molar-refractivity contribution in [2.24, 2.45) is 0 Å². The standard InChI is InChI=1S/C31H30N4O4S/c1-5-19(2)22-12-14-23(15-13-22)27-18-32-30(36)24-10-7-11-25(16-24)40(37,38)35-31-33-26(17-28(34-31)39-27)29-20(3)8-6-9-21(29)4/h6-17,27H,2,5,18H2,1,3-4H3,(H,32,36)(H,33,34,35). The Morgan fingerprint density at radius 2 is 1.70 bits per heavy atom. The van der Waals surface area contributed by atoms with Crippen LogP contribution >= 0.6 is 0 Å². The summed E-state index contributed by atoms with van der Waals surface area (Å²) < 4.78 is 35.4. The van der Waals surface area contributed by atoms with E-state index >= 15 is 0 Å². The number of carbonyl (C=O) groups is 1. The Kier molecular flexibility index (Phi) is 7.40. The van der Waals surface area contributed by atoms with Crippen molar-refractivity contribution in [2.45, 2.75) is 38.2 Å². The van der Waals surface area contributed by atoms with E-state index in [9.17, 15) is 13.2 Å². The number of benzene rings is 3. The van der Waals surface area contributed by atoms with E-state index in [0.29, 0.717) is 5.69 Å². The highest BCUT2D eigenvalue weighted by molar-refractivity contribution is 7.92. The third-order valence-electron chi connectivity index (χ3n) is 6.90. The van der Waals surface area contributed by atoms with Crippen molar-refractivity contribution >= 4 is 27.5 Å². The zero-order valence-electron chi connectivity index (χ0n) is 22.6. The second-order valence-corrected chi connectivity index (χ2v) is 11.4. The van der Waals surface area contributed by atoms with E-state index in [-0.39, 0.29) is 28.8 Å². The summed E-state index contributed by atoms with van der Waals surface area (Å²) in [6.45, 7) is 10.2. The van der Waals surface area contributed by atoms with Crippen LogP contribution in [0.1, 0.15) is 52.1 Å². The Bertz CT molecular complexity index is 1700. The van der Waals surface area contributed by atoms with Crippen LogP contribution in [0.25, 0.3) is 16.8 Å². The molecule has 0 radical (unpaired) electrons. The molecule has 4 aromatic rings. The molecule has 1 atom stereocenters. The first-order valence-corrected chi connectivity index (χ1v) is 14.4. The number of anilines is 1. The number of carbonyl (C=O) groups excluding carboxylic acids is 1. The van der Waals surface area contributed by atoms with Crippen molar-refractivity contribution in [1.29, 1.82) is 0 Å². The summed E-state index contributed by atoms with van der Waals surface area (Å²) >= 11 is 0. The Morgan fingerprint density at radius 1 is 1.00 bits per heavy atom. The van der Waals surface area contributed by atoms with Gasteiger partial charge in [-0.1, -0.05) is 62.0 Å². The molecular weight excluding hydrogens is 524 g/mol. The van der Waals surface area contributed by atoms with Crippen molar-refractivity contribution in [2.75, 3.05) is 11.3 Å². The highest BCUT2D eigenvalue weighted by Crippen LogP contribution is 2.31. The largest absolute Gasteiger partial charge is 0.467 e. The lowest BCUT2D eigenvalue weighted by molar-refractivity contribution is 0.0925. The molecule has 0 aliphatic carbocycles. The van der Waals surface area contributed by atoms with Gasteiger partial charge in [0.1, 0.15) is 6.10 Å². The normalized spacial score (nSPS) is 16.3. The molecule has 204 valence electrons. The van der Waals surface area contributed by atoms with Gasteiger partial charge >= 0.3 is 0 Å². The van der Waals surface area contributed by atoms with Crippen LogP contribution in [0.15, 0.2) is 84.3 Å². The third kappa shape index (κ3) is 5.60. The van der Waals surface area contributed by atoms with Gasteiger partial charge in [0.25, 0.3) is 15.9 Å². The maximum absolute atomic E-state index is 13.3. The van der Waals surface area contributed by atoms with Gasteiger partial charge in [-0.25, -0.2) is 18.1 Å². The number of hydrogen-bond acceptors (Lipinski definition) is 6. The molecule has 0 saturated heterocycles. The molecule has 9 heteroatoms. The molecule has 2 heterocycles. The first-order chi connectivity index (χ1) is 19.1. The fourth-order valence-corrected chi connectivity index (χ4v) is 5.65. The van der Waals surface area contributed by atoms with Crippen molar-refractivity contribution in [1.82, 2.24) is 15.3 Å². The summed E-state index contributed by atoms with van der Waals surface area (Å²) in [6.07, 6.45) is 0.205. The van der Waals surface area contributed by atoms with Crippen molar-refractivity contribution < 1.29 is 17.9 Å².